The molecule has 1 aromatic rings. The zero-order chi connectivity index (χ0) is 12.4. The van der Waals surface area contributed by atoms with Crippen LogP contribution in [0.1, 0.15) is 44.7 Å². The molecule has 0 amide bonds. The van der Waals surface area contributed by atoms with Crippen LogP contribution < -0.4 is 10.6 Å². The Kier molecular flexibility index (Phi) is 3.95. The largest absolute Gasteiger partial charge is 0.367 e. The molecule has 17 heavy (non-hydrogen) atoms. The normalized spacial score (nSPS) is 21.9. The van der Waals surface area contributed by atoms with Gasteiger partial charge in [-0.05, 0) is 43.9 Å². The number of rotatable bonds is 3. The second-order valence-corrected chi connectivity index (χ2v) is 5.30. The molecule has 0 saturated carbocycles. The van der Waals surface area contributed by atoms with Crippen LogP contribution in [0.4, 0.5) is 5.69 Å². The first-order valence-corrected chi connectivity index (χ1v) is 6.83. The van der Waals surface area contributed by atoms with Crippen molar-refractivity contribution in [1.29, 1.82) is 0 Å². The summed E-state index contributed by atoms with van der Waals surface area (Å²) < 4.78 is 0. The fourth-order valence-corrected chi connectivity index (χ4v) is 2.91. The molecule has 0 aromatic heterocycles. The third kappa shape index (κ3) is 2.58. The molecular weight excluding hydrogens is 232 g/mol. The minimum Gasteiger partial charge on any atom is -0.367 e. The van der Waals surface area contributed by atoms with E-state index in [-0.39, 0.29) is 6.04 Å². The van der Waals surface area contributed by atoms with Crippen molar-refractivity contribution in [1.82, 2.24) is 0 Å². The van der Waals surface area contributed by atoms with E-state index in [0.29, 0.717) is 6.04 Å². The minimum atomic E-state index is 0.0436. The van der Waals surface area contributed by atoms with Gasteiger partial charge in [0.1, 0.15) is 0 Å². The zero-order valence-electron chi connectivity index (χ0n) is 10.6. The Hall–Kier alpha value is -0.730. The molecule has 0 aliphatic carbocycles. The molecule has 1 heterocycles. The lowest BCUT2D eigenvalue weighted by molar-refractivity contribution is 0.645. The van der Waals surface area contributed by atoms with E-state index in [1.165, 1.54) is 24.9 Å². The van der Waals surface area contributed by atoms with E-state index in [0.717, 1.165) is 17.1 Å². The molecular formula is C14H21ClN2. The first kappa shape index (κ1) is 12.7. The maximum Gasteiger partial charge on any atom is 0.0642 e. The Balaban J connectivity index is 2.27. The zero-order valence-corrected chi connectivity index (χ0v) is 11.4. The number of nitrogens with two attached hydrogens (primary N) is 1. The molecule has 1 aromatic carbocycles. The van der Waals surface area contributed by atoms with E-state index in [1.807, 2.05) is 13.0 Å². The lowest BCUT2D eigenvalue weighted by Gasteiger charge is -2.27. The van der Waals surface area contributed by atoms with Gasteiger partial charge >= 0.3 is 0 Å². The van der Waals surface area contributed by atoms with Crippen molar-refractivity contribution >= 4 is 17.3 Å². The predicted octanol–water partition coefficient (Wildman–Crippen LogP) is 3.74. The minimum absolute atomic E-state index is 0.0436. The van der Waals surface area contributed by atoms with Gasteiger partial charge in [-0.3, -0.25) is 0 Å². The molecule has 2 rings (SSSR count). The van der Waals surface area contributed by atoms with E-state index < -0.39 is 0 Å². The Bertz CT molecular complexity index is 390. The first-order valence-electron chi connectivity index (χ1n) is 6.45. The smallest absolute Gasteiger partial charge is 0.0642 e. The Labute approximate surface area is 109 Å². The number of hydrogen-bond donors (Lipinski definition) is 1. The van der Waals surface area contributed by atoms with Crippen LogP contribution >= 0.6 is 11.6 Å². The number of hydrogen-bond acceptors (Lipinski definition) is 2. The van der Waals surface area contributed by atoms with Gasteiger partial charge in [0.05, 0.1) is 10.7 Å². The van der Waals surface area contributed by atoms with Gasteiger partial charge in [-0.1, -0.05) is 24.6 Å². The molecule has 1 saturated heterocycles. The van der Waals surface area contributed by atoms with Crippen LogP contribution in [0.2, 0.25) is 5.02 Å². The van der Waals surface area contributed by atoms with Crippen molar-refractivity contribution in [3.05, 3.63) is 28.8 Å². The molecule has 94 valence electrons. The summed E-state index contributed by atoms with van der Waals surface area (Å²) in [4.78, 5) is 2.44. The molecule has 2 N–H and O–H groups in total. The van der Waals surface area contributed by atoms with Gasteiger partial charge in [0.25, 0.3) is 0 Å². The summed E-state index contributed by atoms with van der Waals surface area (Å²) in [5, 5.41) is 0.833. The fraction of sp³-hybridized carbons (Fsp3) is 0.571. The monoisotopic (exact) mass is 252 g/mol. The number of nitrogens with zero attached hydrogens (tertiary/aromatic N) is 1. The van der Waals surface area contributed by atoms with Crippen molar-refractivity contribution in [2.45, 2.75) is 45.2 Å². The average Bonchev–Trinajstić information content (AvgIpc) is 2.76. The summed E-state index contributed by atoms with van der Waals surface area (Å²) in [7, 11) is 0. The van der Waals surface area contributed by atoms with Gasteiger partial charge in [0.2, 0.25) is 0 Å². The summed E-state index contributed by atoms with van der Waals surface area (Å²) in [6, 6.07) is 6.91. The summed E-state index contributed by atoms with van der Waals surface area (Å²) in [6.45, 7) is 5.35. The van der Waals surface area contributed by atoms with Gasteiger partial charge in [-0.2, -0.15) is 0 Å². The van der Waals surface area contributed by atoms with Crippen molar-refractivity contribution in [3.63, 3.8) is 0 Å². The second kappa shape index (κ2) is 5.28. The molecule has 2 nitrogen and oxygen atoms in total. The van der Waals surface area contributed by atoms with Gasteiger partial charge in [0.15, 0.2) is 0 Å². The molecule has 2 unspecified atom stereocenters. The second-order valence-electron chi connectivity index (χ2n) is 4.90. The van der Waals surface area contributed by atoms with Crippen LogP contribution in [0.25, 0.3) is 0 Å². The van der Waals surface area contributed by atoms with E-state index in [2.05, 4.69) is 24.0 Å². The van der Waals surface area contributed by atoms with E-state index in [9.17, 15) is 0 Å². The highest BCUT2D eigenvalue weighted by atomic mass is 35.5. The number of benzene rings is 1. The van der Waals surface area contributed by atoms with Crippen LogP contribution in [0.3, 0.4) is 0 Å². The summed E-state index contributed by atoms with van der Waals surface area (Å²) in [5.74, 6) is 0. The number of anilines is 1. The maximum absolute atomic E-state index is 6.38. The van der Waals surface area contributed by atoms with Crippen LogP contribution in [-0.2, 0) is 0 Å². The Morgan fingerprint density at radius 2 is 2.29 bits per heavy atom. The summed E-state index contributed by atoms with van der Waals surface area (Å²) in [6.07, 6.45) is 3.73. The van der Waals surface area contributed by atoms with E-state index >= 15 is 0 Å². The highest BCUT2D eigenvalue weighted by Crippen LogP contribution is 2.34. The molecule has 1 aliphatic heterocycles. The van der Waals surface area contributed by atoms with Crippen molar-refractivity contribution < 1.29 is 0 Å². The van der Waals surface area contributed by atoms with Crippen molar-refractivity contribution in [2.24, 2.45) is 5.73 Å². The quantitative estimate of drug-likeness (QED) is 0.888. The van der Waals surface area contributed by atoms with E-state index in [1.54, 1.807) is 0 Å². The molecule has 1 aliphatic rings. The molecule has 0 spiro atoms. The van der Waals surface area contributed by atoms with Gasteiger partial charge in [-0.15, -0.1) is 0 Å². The van der Waals surface area contributed by atoms with Crippen LogP contribution in [0.5, 0.6) is 0 Å². The highest BCUT2D eigenvalue weighted by molar-refractivity contribution is 6.33. The van der Waals surface area contributed by atoms with Crippen LogP contribution in [0, 0.1) is 0 Å². The third-order valence-corrected chi connectivity index (χ3v) is 3.96. The van der Waals surface area contributed by atoms with Crippen molar-refractivity contribution in [2.75, 3.05) is 11.4 Å². The SMILES string of the molecule is CCC1CCCN1c1ccc(C(C)N)cc1Cl. The molecule has 0 radical (unpaired) electrons. The predicted molar refractivity (Wildman–Crippen MR) is 74.7 cm³/mol. The molecule has 0 bridgehead atoms. The maximum atomic E-state index is 6.38. The molecule has 3 heteroatoms. The van der Waals surface area contributed by atoms with Crippen molar-refractivity contribution in [3.8, 4) is 0 Å². The van der Waals surface area contributed by atoms with Gasteiger partial charge in [-0.25, -0.2) is 0 Å². The molecule has 1 fully saturated rings. The standard InChI is InChI=1S/C14H21ClN2/c1-3-12-5-4-8-17(12)14-7-6-11(10(2)16)9-13(14)15/h6-7,9-10,12H,3-5,8,16H2,1-2H3. The average molecular weight is 253 g/mol. The van der Waals surface area contributed by atoms with E-state index in [4.69, 9.17) is 17.3 Å². The third-order valence-electron chi connectivity index (χ3n) is 3.66. The topological polar surface area (TPSA) is 29.3 Å². The number of halogens is 1. The van der Waals surface area contributed by atoms with Crippen LogP contribution in [-0.4, -0.2) is 12.6 Å². The Morgan fingerprint density at radius 3 is 2.88 bits per heavy atom. The van der Waals surface area contributed by atoms with Gasteiger partial charge < -0.3 is 10.6 Å². The first-order chi connectivity index (χ1) is 8.13. The van der Waals surface area contributed by atoms with Gasteiger partial charge in [0, 0.05) is 18.6 Å². The fourth-order valence-electron chi connectivity index (χ4n) is 2.62. The highest BCUT2D eigenvalue weighted by Gasteiger charge is 2.24. The summed E-state index contributed by atoms with van der Waals surface area (Å²) >= 11 is 6.38. The summed E-state index contributed by atoms with van der Waals surface area (Å²) in [5.41, 5.74) is 8.14. The Morgan fingerprint density at radius 1 is 1.53 bits per heavy atom. The lowest BCUT2D eigenvalue weighted by atomic mass is 10.1. The lowest BCUT2D eigenvalue weighted by Crippen LogP contribution is -2.28. The molecule has 2 atom stereocenters. The van der Waals surface area contributed by atoms with Crippen LogP contribution in [0.15, 0.2) is 18.2 Å².